The second-order valence-corrected chi connectivity index (χ2v) is 6.19. The lowest BCUT2D eigenvalue weighted by Crippen LogP contribution is -2.43. The second kappa shape index (κ2) is 7.64. The molecule has 0 bridgehead atoms. The fourth-order valence-electron chi connectivity index (χ4n) is 2.60. The van der Waals surface area contributed by atoms with Crippen LogP contribution >= 0.6 is 11.6 Å². The lowest BCUT2D eigenvalue weighted by Gasteiger charge is -2.28. The summed E-state index contributed by atoms with van der Waals surface area (Å²) in [6.07, 6.45) is 0.741. The SMILES string of the molecule is O=C(Nc1cccc(OC2CCNCC2Cl)c1)c1ccccc1F. The van der Waals surface area contributed by atoms with Crippen molar-refractivity contribution in [3.05, 3.63) is 59.9 Å². The molecule has 6 heteroatoms. The Bertz CT molecular complexity index is 726. The number of benzene rings is 2. The topological polar surface area (TPSA) is 50.4 Å². The van der Waals surface area contributed by atoms with E-state index in [1.54, 1.807) is 30.3 Å². The minimum atomic E-state index is -0.554. The Balaban J connectivity index is 1.69. The standard InChI is InChI=1S/C18H18ClFN2O2/c19-15-11-21-9-8-17(15)24-13-5-3-4-12(10-13)22-18(23)14-6-1-2-7-16(14)20/h1-7,10,15,17,21H,8-9,11H2,(H,22,23). The number of carbonyl (C=O) groups is 1. The molecule has 0 aliphatic carbocycles. The van der Waals surface area contributed by atoms with Crippen LogP contribution < -0.4 is 15.4 Å². The average Bonchev–Trinajstić information content (AvgIpc) is 2.58. The van der Waals surface area contributed by atoms with Crippen LogP contribution in [0.25, 0.3) is 0 Å². The summed E-state index contributed by atoms with van der Waals surface area (Å²) in [5.74, 6) is -0.427. The average molecular weight is 349 g/mol. The summed E-state index contributed by atoms with van der Waals surface area (Å²) in [6.45, 7) is 1.56. The summed E-state index contributed by atoms with van der Waals surface area (Å²) in [6, 6.07) is 12.9. The van der Waals surface area contributed by atoms with E-state index >= 15 is 0 Å². The highest BCUT2D eigenvalue weighted by molar-refractivity contribution is 6.21. The van der Waals surface area contributed by atoms with Gasteiger partial charge < -0.3 is 15.4 Å². The number of alkyl halides is 1. The van der Waals surface area contributed by atoms with Gasteiger partial charge in [-0.2, -0.15) is 0 Å². The van der Waals surface area contributed by atoms with Crippen LogP contribution in [0.1, 0.15) is 16.8 Å². The minimum Gasteiger partial charge on any atom is -0.489 e. The highest BCUT2D eigenvalue weighted by Gasteiger charge is 2.24. The van der Waals surface area contributed by atoms with E-state index < -0.39 is 11.7 Å². The Morgan fingerprint density at radius 2 is 2.08 bits per heavy atom. The number of hydrogen-bond acceptors (Lipinski definition) is 3. The molecular formula is C18H18ClFN2O2. The van der Waals surface area contributed by atoms with Crippen molar-refractivity contribution in [3.63, 3.8) is 0 Å². The number of carbonyl (C=O) groups excluding carboxylic acids is 1. The van der Waals surface area contributed by atoms with E-state index in [2.05, 4.69) is 10.6 Å². The summed E-state index contributed by atoms with van der Waals surface area (Å²) in [4.78, 5) is 12.2. The van der Waals surface area contributed by atoms with E-state index in [0.717, 1.165) is 13.0 Å². The van der Waals surface area contributed by atoms with Gasteiger partial charge in [-0.25, -0.2) is 4.39 Å². The van der Waals surface area contributed by atoms with Gasteiger partial charge in [0.15, 0.2) is 0 Å². The number of ether oxygens (including phenoxy) is 1. The Morgan fingerprint density at radius 3 is 2.88 bits per heavy atom. The van der Waals surface area contributed by atoms with Crippen LogP contribution in [0.15, 0.2) is 48.5 Å². The van der Waals surface area contributed by atoms with E-state index in [9.17, 15) is 9.18 Å². The zero-order valence-electron chi connectivity index (χ0n) is 13.0. The fourth-order valence-corrected chi connectivity index (χ4v) is 2.88. The third-order valence-electron chi connectivity index (χ3n) is 3.85. The molecule has 1 amide bonds. The molecule has 2 aromatic carbocycles. The van der Waals surface area contributed by atoms with Crippen LogP contribution in [-0.4, -0.2) is 30.5 Å². The van der Waals surface area contributed by atoms with Gasteiger partial charge in [0.25, 0.3) is 5.91 Å². The lowest BCUT2D eigenvalue weighted by atomic mass is 10.1. The molecular weight excluding hydrogens is 331 g/mol. The lowest BCUT2D eigenvalue weighted by molar-refractivity contribution is 0.102. The first-order valence-corrected chi connectivity index (χ1v) is 8.24. The minimum absolute atomic E-state index is 0.00278. The maximum atomic E-state index is 13.7. The van der Waals surface area contributed by atoms with Crippen LogP contribution in [0.3, 0.4) is 0 Å². The van der Waals surface area contributed by atoms with E-state index in [-0.39, 0.29) is 17.0 Å². The van der Waals surface area contributed by atoms with Gasteiger partial charge in [0.05, 0.1) is 10.9 Å². The van der Waals surface area contributed by atoms with Crippen molar-refractivity contribution < 1.29 is 13.9 Å². The van der Waals surface area contributed by atoms with Gasteiger partial charge in [-0.1, -0.05) is 18.2 Å². The van der Waals surface area contributed by atoms with Crippen molar-refractivity contribution >= 4 is 23.2 Å². The quantitative estimate of drug-likeness (QED) is 0.832. The molecule has 1 aliphatic rings. The highest BCUT2D eigenvalue weighted by Crippen LogP contribution is 2.23. The highest BCUT2D eigenvalue weighted by atomic mass is 35.5. The van der Waals surface area contributed by atoms with E-state index in [1.165, 1.54) is 12.1 Å². The van der Waals surface area contributed by atoms with Gasteiger partial charge in [-0.3, -0.25) is 4.79 Å². The van der Waals surface area contributed by atoms with Crippen molar-refractivity contribution in [1.82, 2.24) is 5.32 Å². The molecule has 1 saturated heterocycles. The van der Waals surface area contributed by atoms with E-state index in [0.29, 0.717) is 18.0 Å². The molecule has 1 aliphatic heterocycles. The first-order valence-electron chi connectivity index (χ1n) is 7.81. The third kappa shape index (κ3) is 4.04. The van der Waals surface area contributed by atoms with Crippen LogP contribution in [0.5, 0.6) is 5.75 Å². The molecule has 24 heavy (non-hydrogen) atoms. The van der Waals surface area contributed by atoms with Gasteiger partial charge in [0.1, 0.15) is 17.7 Å². The molecule has 2 aromatic rings. The Hall–Kier alpha value is -2.11. The predicted octanol–water partition coefficient (Wildman–Crippen LogP) is 3.43. The molecule has 126 valence electrons. The van der Waals surface area contributed by atoms with Crippen LogP contribution in [0.4, 0.5) is 10.1 Å². The maximum absolute atomic E-state index is 13.7. The maximum Gasteiger partial charge on any atom is 0.258 e. The van der Waals surface area contributed by atoms with Crippen molar-refractivity contribution in [2.45, 2.75) is 17.9 Å². The van der Waals surface area contributed by atoms with Crippen LogP contribution in [-0.2, 0) is 0 Å². The normalized spacial score (nSPS) is 20.4. The first kappa shape index (κ1) is 16.7. The molecule has 0 spiro atoms. The molecule has 3 rings (SSSR count). The molecule has 4 nitrogen and oxygen atoms in total. The summed E-state index contributed by atoms with van der Waals surface area (Å²) >= 11 is 6.26. The molecule has 2 unspecified atom stereocenters. The van der Waals surface area contributed by atoms with Crippen molar-refractivity contribution in [3.8, 4) is 5.75 Å². The number of amides is 1. The van der Waals surface area contributed by atoms with Gasteiger partial charge in [-0.05, 0) is 37.2 Å². The molecule has 2 atom stereocenters. The molecule has 2 N–H and O–H groups in total. The van der Waals surface area contributed by atoms with Crippen molar-refractivity contribution in [2.75, 3.05) is 18.4 Å². The summed E-state index contributed by atoms with van der Waals surface area (Å²) in [5, 5.41) is 5.79. The molecule has 0 aromatic heterocycles. The van der Waals surface area contributed by atoms with Crippen LogP contribution in [0, 0.1) is 5.82 Å². The zero-order valence-corrected chi connectivity index (χ0v) is 13.7. The number of rotatable bonds is 4. The number of nitrogens with one attached hydrogen (secondary N) is 2. The Morgan fingerprint density at radius 1 is 1.25 bits per heavy atom. The summed E-state index contributed by atoms with van der Waals surface area (Å²) < 4.78 is 19.6. The summed E-state index contributed by atoms with van der Waals surface area (Å²) in [5.41, 5.74) is 0.545. The molecule has 1 fully saturated rings. The summed E-state index contributed by atoms with van der Waals surface area (Å²) in [7, 11) is 0. The van der Waals surface area contributed by atoms with Gasteiger partial charge in [0, 0.05) is 18.3 Å². The zero-order chi connectivity index (χ0) is 16.9. The van der Waals surface area contributed by atoms with E-state index in [4.69, 9.17) is 16.3 Å². The number of halogens is 2. The van der Waals surface area contributed by atoms with E-state index in [1.807, 2.05) is 6.07 Å². The fraction of sp³-hybridized carbons (Fsp3) is 0.278. The smallest absolute Gasteiger partial charge is 0.258 e. The molecule has 0 radical (unpaired) electrons. The largest absolute Gasteiger partial charge is 0.489 e. The predicted molar refractivity (Wildman–Crippen MR) is 92.3 cm³/mol. The van der Waals surface area contributed by atoms with Gasteiger partial charge in [-0.15, -0.1) is 11.6 Å². The molecule has 1 heterocycles. The number of hydrogen-bond donors (Lipinski definition) is 2. The van der Waals surface area contributed by atoms with Crippen molar-refractivity contribution in [2.24, 2.45) is 0 Å². The Kier molecular flexibility index (Phi) is 5.33. The number of piperidine rings is 1. The first-order chi connectivity index (χ1) is 11.6. The Labute approximate surface area is 145 Å². The van der Waals surface area contributed by atoms with Crippen LogP contribution in [0.2, 0.25) is 0 Å². The number of anilines is 1. The van der Waals surface area contributed by atoms with Gasteiger partial charge >= 0.3 is 0 Å². The van der Waals surface area contributed by atoms with Crippen molar-refractivity contribution in [1.29, 1.82) is 0 Å². The monoisotopic (exact) mass is 348 g/mol. The second-order valence-electron chi connectivity index (χ2n) is 5.63. The molecule has 0 saturated carbocycles. The van der Waals surface area contributed by atoms with Gasteiger partial charge in [0.2, 0.25) is 0 Å². The third-order valence-corrected chi connectivity index (χ3v) is 4.28.